The molecule has 0 saturated carbocycles. The SMILES string of the molecule is COc1ccc(-n2cc(CNCCN3CCCCC3=O)c(-c3ccccc3Cl)n2)cc1. The molecule has 0 aliphatic carbocycles. The van der Waals surface area contributed by atoms with E-state index in [0.29, 0.717) is 18.0 Å². The molecule has 0 bridgehead atoms. The van der Waals surface area contributed by atoms with Crippen molar-refractivity contribution < 1.29 is 9.53 Å². The molecule has 1 aromatic heterocycles. The molecular formula is C24H27ClN4O2. The van der Waals surface area contributed by atoms with Gasteiger partial charge >= 0.3 is 0 Å². The van der Waals surface area contributed by atoms with E-state index in [0.717, 1.165) is 60.7 Å². The highest BCUT2D eigenvalue weighted by atomic mass is 35.5. The third-order valence-electron chi connectivity index (χ3n) is 5.55. The van der Waals surface area contributed by atoms with Gasteiger partial charge in [-0.05, 0) is 43.2 Å². The number of aromatic nitrogens is 2. The normalized spacial score (nSPS) is 14.1. The monoisotopic (exact) mass is 438 g/mol. The summed E-state index contributed by atoms with van der Waals surface area (Å²) in [5.74, 6) is 1.06. The van der Waals surface area contributed by atoms with Crippen molar-refractivity contribution in [1.82, 2.24) is 20.0 Å². The van der Waals surface area contributed by atoms with Gasteiger partial charge in [-0.1, -0.05) is 29.8 Å². The number of hydrogen-bond donors (Lipinski definition) is 1. The number of ether oxygens (including phenoxy) is 1. The Morgan fingerprint density at radius 3 is 2.68 bits per heavy atom. The second-order valence-corrected chi connectivity index (χ2v) is 8.05. The Morgan fingerprint density at radius 1 is 1.13 bits per heavy atom. The number of hydrogen-bond acceptors (Lipinski definition) is 4. The van der Waals surface area contributed by atoms with Crippen LogP contribution in [-0.4, -0.2) is 47.3 Å². The van der Waals surface area contributed by atoms with Crippen LogP contribution in [0.25, 0.3) is 16.9 Å². The summed E-state index contributed by atoms with van der Waals surface area (Å²) in [6.07, 6.45) is 4.80. The number of carbonyl (C=O) groups is 1. The predicted octanol–water partition coefficient (Wildman–Crippen LogP) is 4.30. The van der Waals surface area contributed by atoms with Gasteiger partial charge in [0.25, 0.3) is 0 Å². The summed E-state index contributed by atoms with van der Waals surface area (Å²) >= 11 is 6.47. The number of carbonyl (C=O) groups excluding carboxylic acids is 1. The Morgan fingerprint density at radius 2 is 1.94 bits per heavy atom. The number of halogens is 1. The lowest BCUT2D eigenvalue weighted by Crippen LogP contribution is -2.39. The van der Waals surface area contributed by atoms with Crippen LogP contribution >= 0.6 is 11.6 Å². The minimum Gasteiger partial charge on any atom is -0.497 e. The second-order valence-electron chi connectivity index (χ2n) is 7.64. The first-order valence-corrected chi connectivity index (χ1v) is 11.0. The molecule has 0 spiro atoms. The summed E-state index contributed by atoms with van der Waals surface area (Å²) in [6.45, 7) is 2.97. The van der Waals surface area contributed by atoms with Gasteiger partial charge in [-0.25, -0.2) is 4.68 Å². The number of amides is 1. The van der Waals surface area contributed by atoms with Gasteiger partial charge < -0.3 is 15.0 Å². The van der Waals surface area contributed by atoms with Crippen molar-refractivity contribution in [3.63, 3.8) is 0 Å². The van der Waals surface area contributed by atoms with Crippen molar-refractivity contribution in [3.8, 4) is 22.7 Å². The molecule has 1 fully saturated rings. The zero-order valence-corrected chi connectivity index (χ0v) is 18.4. The quantitative estimate of drug-likeness (QED) is 0.532. The van der Waals surface area contributed by atoms with Crippen LogP contribution in [0, 0.1) is 0 Å². The molecule has 6 nitrogen and oxygen atoms in total. The fourth-order valence-electron chi connectivity index (χ4n) is 3.82. The molecule has 1 aliphatic heterocycles. The average molecular weight is 439 g/mol. The molecule has 4 rings (SSSR count). The van der Waals surface area contributed by atoms with E-state index in [1.165, 1.54) is 0 Å². The topological polar surface area (TPSA) is 59.4 Å². The summed E-state index contributed by atoms with van der Waals surface area (Å²) in [7, 11) is 1.65. The number of rotatable bonds is 8. The van der Waals surface area contributed by atoms with Crippen molar-refractivity contribution in [3.05, 3.63) is 65.3 Å². The number of methoxy groups -OCH3 is 1. The van der Waals surface area contributed by atoms with Crippen LogP contribution in [0.5, 0.6) is 5.75 Å². The van der Waals surface area contributed by atoms with E-state index >= 15 is 0 Å². The first-order valence-electron chi connectivity index (χ1n) is 10.6. The molecule has 0 atom stereocenters. The van der Waals surface area contributed by atoms with Crippen LogP contribution < -0.4 is 10.1 Å². The molecule has 0 radical (unpaired) electrons. The summed E-state index contributed by atoms with van der Waals surface area (Å²) in [4.78, 5) is 14.0. The predicted molar refractivity (Wildman–Crippen MR) is 123 cm³/mol. The van der Waals surface area contributed by atoms with E-state index in [1.807, 2.05) is 64.3 Å². The summed E-state index contributed by atoms with van der Waals surface area (Å²) in [6, 6.07) is 15.5. The lowest BCUT2D eigenvalue weighted by molar-refractivity contribution is -0.133. The largest absolute Gasteiger partial charge is 0.497 e. The first kappa shape index (κ1) is 21.4. The Kier molecular flexibility index (Phi) is 6.89. The molecule has 1 saturated heterocycles. The molecule has 0 unspecified atom stereocenters. The lowest BCUT2D eigenvalue weighted by atomic mass is 10.1. The molecule has 162 valence electrons. The fourth-order valence-corrected chi connectivity index (χ4v) is 4.05. The van der Waals surface area contributed by atoms with Crippen molar-refractivity contribution in [2.75, 3.05) is 26.7 Å². The standard InChI is InChI=1S/C24H27ClN4O2/c1-31-20-11-9-19(10-12-20)29-17-18(24(27-29)21-6-2-3-7-22(21)25)16-26-13-15-28-14-5-4-8-23(28)30/h2-3,6-7,9-12,17,26H,4-5,8,13-16H2,1H3. The second kappa shape index (κ2) is 9.98. The maximum Gasteiger partial charge on any atom is 0.222 e. The molecular weight excluding hydrogens is 412 g/mol. The Labute approximate surface area is 187 Å². The molecule has 2 aromatic carbocycles. The highest BCUT2D eigenvalue weighted by molar-refractivity contribution is 6.33. The van der Waals surface area contributed by atoms with E-state index < -0.39 is 0 Å². The molecule has 2 heterocycles. The van der Waals surface area contributed by atoms with Crippen molar-refractivity contribution in [2.45, 2.75) is 25.8 Å². The lowest BCUT2D eigenvalue weighted by Gasteiger charge is -2.26. The zero-order chi connectivity index (χ0) is 21.6. The third kappa shape index (κ3) is 5.09. The van der Waals surface area contributed by atoms with Gasteiger partial charge in [-0.15, -0.1) is 0 Å². The molecule has 1 N–H and O–H groups in total. The van der Waals surface area contributed by atoms with Crippen LogP contribution in [0.3, 0.4) is 0 Å². The van der Waals surface area contributed by atoms with E-state index in [4.69, 9.17) is 21.4 Å². The average Bonchev–Trinajstić information content (AvgIpc) is 3.22. The summed E-state index contributed by atoms with van der Waals surface area (Å²) in [5.41, 5.74) is 3.75. The number of piperidine rings is 1. The van der Waals surface area contributed by atoms with Crippen LogP contribution in [0.15, 0.2) is 54.7 Å². The Hall–Kier alpha value is -2.83. The van der Waals surface area contributed by atoms with Gasteiger partial charge in [0.05, 0.1) is 23.5 Å². The van der Waals surface area contributed by atoms with Gasteiger partial charge in [-0.2, -0.15) is 5.10 Å². The summed E-state index contributed by atoms with van der Waals surface area (Å²) < 4.78 is 7.12. The molecule has 31 heavy (non-hydrogen) atoms. The smallest absolute Gasteiger partial charge is 0.222 e. The van der Waals surface area contributed by atoms with Crippen LogP contribution in [0.1, 0.15) is 24.8 Å². The zero-order valence-electron chi connectivity index (χ0n) is 17.7. The van der Waals surface area contributed by atoms with Gasteiger partial charge in [-0.3, -0.25) is 4.79 Å². The molecule has 1 aliphatic rings. The van der Waals surface area contributed by atoms with Crippen molar-refractivity contribution in [1.29, 1.82) is 0 Å². The van der Waals surface area contributed by atoms with E-state index in [1.54, 1.807) is 7.11 Å². The minimum absolute atomic E-state index is 0.261. The molecule has 3 aromatic rings. The number of benzene rings is 2. The summed E-state index contributed by atoms with van der Waals surface area (Å²) in [5, 5.41) is 8.98. The van der Waals surface area contributed by atoms with Crippen molar-refractivity contribution >= 4 is 17.5 Å². The fraction of sp³-hybridized carbons (Fsp3) is 0.333. The van der Waals surface area contributed by atoms with Gasteiger partial charge in [0, 0.05) is 49.9 Å². The number of nitrogens with zero attached hydrogens (tertiary/aromatic N) is 3. The van der Waals surface area contributed by atoms with Gasteiger partial charge in [0.15, 0.2) is 0 Å². The molecule has 7 heteroatoms. The van der Waals surface area contributed by atoms with Crippen LogP contribution in [-0.2, 0) is 11.3 Å². The van der Waals surface area contributed by atoms with E-state index in [2.05, 4.69) is 5.32 Å². The Balaban J connectivity index is 1.52. The van der Waals surface area contributed by atoms with Gasteiger partial charge in [0.2, 0.25) is 5.91 Å². The maximum atomic E-state index is 12.0. The molecule has 1 amide bonds. The van der Waals surface area contributed by atoms with Crippen LogP contribution in [0.4, 0.5) is 0 Å². The van der Waals surface area contributed by atoms with E-state index in [-0.39, 0.29) is 5.91 Å². The van der Waals surface area contributed by atoms with Gasteiger partial charge in [0.1, 0.15) is 5.75 Å². The minimum atomic E-state index is 0.261. The third-order valence-corrected chi connectivity index (χ3v) is 5.88. The van der Waals surface area contributed by atoms with Crippen LogP contribution in [0.2, 0.25) is 5.02 Å². The number of nitrogens with one attached hydrogen (secondary N) is 1. The van der Waals surface area contributed by atoms with Crippen molar-refractivity contribution in [2.24, 2.45) is 0 Å². The van der Waals surface area contributed by atoms with E-state index in [9.17, 15) is 4.79 Å². The maximum absolute atomic E-state index is 12.0. The first-order chi connectivity index (χ1) is 15.2. The highest BCUT2D eigenvalue weighted by Gasteiger charge is 2.18. The number of likely N-dealkylation sites (tertiary alicyclic amines) is 1. The highest BCUT2D eigenvalue weighted by Crippen LogP contribution is 2.30. The Bertz CT molecular complexity index is 1030.